The fraction of sp³-hybridized carbons (Fsp3) is 0.381. The summed E-state index contributed by atoms with van der Waals surface area (Å²) in [5.41, 5.74) is 1.49. The van der Waals surface area contributed by atoms with Crippen molar-refractivity contribution >= 4 is 33.2 Å². The molecule has 1 N–H and O–H groups in total. The maximum absolute atomic E-state index is 13.5. The summed E-state index contributed by atoms with van der Waals surface area (Å²) >= 11 is 5.79. The largest absolute Gasteiger partial charge is 0.487 e. The number of amides is 1. The number of nitrogens with one attached hydrogen (secondary N) is 1. The third kappa shape index (κ3) is 5.05. The molecule has 3 rings (SSSR count). The summed E-state index contributed by atoms with van der Waals surface area (Å²) in [5, 5.41) is 2.69. The van der Waals surface area contributed by atoms with Crippen molar-refractivity contribution in [2.45, 2.75) is 38.8 Å². The van der Waals surface area contributed by atoms with Crippen molar-refractivity contribution < 1.29 is 22.3 Å². The van der Waals surface area contributed by atoms with Gasteiger partial charge in [-0.25, -0.2) is 12.8 Å². The Morgan fingerprint density at radius 1 is 1.30 bits per heavy atom. The molecule has 1 aliphatic heterocycles. The van der Waals surface area contributed by atoms with E-state index in [1.165, 1.54) is 12.1 Å². The number of carbonyl (C=O) groups excluding carboxylic acids is 1. The Labute approximate surface area is 181 Å². The summed E-state index contributed by atoms with van der Waals surface area (Å²) in [4.78, 5) is 12.8. The number of sulfonamides is 1. The summed E-state index contributed by atoms with van der Waals surface area (Å²) in [6.07, 6.45) is 1.50. The normalized spacial score (nSPS) is 17.6. The van der Waals surface area contributed by atoms with Crippen LogP contribution in [0.15, 0.2) is 36.4 Å². The molecule has 1 unspecified atom stereocenters. The summed E-state index contributed by atoms with van der Waals surface area (Å²) in [6.45, 7) is 5.36. The highest BCUT2D eigenvalue weighted by atomic mass is 35.5. The third-order valence-corrected chi connectivity index (χ3v) is 6.27. The fourth-order valence-electron chi connectivity index (χ4n) is 3.50. The predicted molar refractivity (Wildman–Crippen MR) is 115 cm³/mol. The first kappa shape index (κ1) is 22.4. The number of rotatable bonds is 5. The minimum atomic E-state index is -3.81. The second kappa shape index (κ2) is 8.07. The highest BCUT2D eigenvalue weighted by Crippen LogP contribution is 2.40. The van der Waals surface area contributed by atoms with Crippen molar-refractivity contribution in [2.24, 2.45) is 0 Å². The van der Waals surface area contributed by atoms with Gasteiger partial charge in [-0.1, -0.05) is 23.7 Å². The number of fused-ring (bicyclic) bond motifs is 1. The van der Waals surface area contributed by atoms with E-state index < -0.39 is 33.9 Å². The summed E-state index contributed by atoms with van der Waals surface area (Å²) in [6, 6.07) is 8.93. The molecular formula is C21H24ClFN2O4S. The number of hydrogen-bond donors (Lipinski definition) is 1. The second-order valence-electron chi connectivity index (χ2n) is 8.10. The monoisotopic (exact) mass is 454 g/mol. The van der Waals surface area contributed by atoms with E-state index in [-0.39, 0.29) is 16.8 Å². The van der Waals surface area contributed by atoms with Crippen LogP contribution < -0.4 is 14.4 Å². The van der Waals surface area contributed by atoms with Crippen molar-refractivity contribution in [2.75, 3.05) is 17.1 Å². The molecule has 2 aromatic carbocycles. The number of anilines is 1. The molecule has 0 fully saturated rings. The Hall–Kier alpha value is -2.32. The zero-order valence-corrected chi connectivity index (χ0v) is 18.8. The van der Waals surface area contributed by atoms with Crippen molar-refractivity contribution in [3.63, 3.8) is 0 Å². The van der Waals surface area contributed by atoms with Crippen LogP contribution >= 0.6 is 11.6 Å². The van der Waals surface area contributed by atoms with Crippen LogP contribution in [0.5, 0.6) is 5.75 Å². The Bertz CT molecular complexity index is 1090. The first-order valence-electron chi connectivity index (χ1n) is 9.37. The van der Waals surface area contributed by atoms with Crippen molar-refractivity contribution in [1.82, 2.24) is 5.32 Å². The van der Waals surface area contributed by atoms with Crippen LogP contribution in [-0.4, -0.2) is 32.7 Å². The van der Waals surface area contributed by atoms with Gasteiger partial charge < -0.3 is 10.1 Å². The summed E-state index contributed by atoms with van der Waals surface area (Å²) in [7, 11) is -3.81. The fourth-order valence-corrected chi connectivity index (χ4v) is 4.52. The van der Waals surface area contributed by atoms with Gasteiger partial charge in [0.1, 0.15) is 23.7 Å². The molecule has 0 radical (unpaired) electrons. The lowest BCUT2D eigenvalue weighted by Gasteiger charge is -2.38. The first-order valence-corrected chi connectivity index (χ1v) is 11.6. The zero-order chi connectivity index (χ0) is 22.3. The molecule has 30 heavy (non-hydrogen) atoms. The van der Waals surface area contributed by atoms with Crippen LogP contribution in [0, 0.1) is 12.7 Å². The smallest absolute Gasteiger partial charge is 0.241 e. The van der Waals surface area contributed by atoms with Gasteiger partial charge >= 0.3 is 0 Å². The van der Waals surface area contributed by atoms with Crippen molar-refractivity contribution in [3.05, 3.63) is 58.4 Å². The average Bonchev–Trinajstić information content (AvgIpc) is 2.60. The molecule has 0 spiro atoms. The van der Waals surface area contributed by atoms with Gasteiger partial charge in [0.25, 0.3) is 0 Å². The van der Waals surface area contributed by atoms with E-state index in [9.17, 15) is 17.6 Å². The van der Waals surface area contributed by atoms with E-state index in [4.69, 9.17) is 16.3 Å². The van der Waals surface area contributed by atoms with Crippen molar-refractivity contribution in [3.8, 4) is 5.75 Å². The molecule has 2 aromatic rings. The average molecular weight is 455 g/mol. The van der Waals surface area contributed by atoms with E-state index in [0.29, 0.717) is 12.2 Å². The number of benzene rings is 2. The highest BCUT2D eigenvalue weighted by molar-refractivity contribution is 7.92. The Morgan fingerprint density at radius 2 is 2.00 bits per heavy atom. The molecule has 0 bridgehead atoms. The lowest BCUT2D eigenvalue weighted by atomic mass is 9.89. The lowest BCUT2D eigenvalue weighted by molar-refractivity contribution is -0.120. The van der Waals surface area contributed by atoms with E-state index in [2.05, 4.69) is 5.32 Å². The van der Waals surface area contributed by atoms with E-state index in [0.717, 1.165) is 27.8 Å². The number of hydrogen-bond acceptors (Lipinski definition) is 4. The summed E-state index contributed by atoms with van der Waals surface area (Å²) in [5.74, 6) is -0.466. The van der Waals surface area contributed by atoms with Crippen LogP contribution in [0.1, 0.15) is 37.4 Å². The molecule has 1 atom stereocenters. The number of nitrogens with zero attached hydrogens (tertiary/aromatic N) is 1. The molecule has 1 amide bonds. The molecule has 1 aliphatic rings. The van der Waals surface area contributed by atoms with E-state index in [1.807, 2.05) is 39.0 Å². The number of ether oxygens (including phenoxy) is 1. The van der Waals surface area contributed by atoms with Gasteiger partial charge in [-0.05, 0) is 50.6 Å². The summed E-state index contributed by atoms with van der Waals surface area (Å²) < 4.78 is 45.0. The SMILES string of the molecule is Cc1ccc2c(c1)OC(C)(C)CC2NC(=O)CN(c1ccc(F)c(Cl)c1)S(C)(=O)=O. The number of halogens is 2. The van der Waals surface area contributed by atoms with Crippen LogP contribution in [0.3, 0.4) is 0 Å². The topological polar surface area (TPSA) is 75.7 Å². The Kier molecular flexibility index (Phi) is 6.02. The number of aryl methyl sites for hydroxylation is 1. The van der Waals surface area contributed by atoms with Crippen LogP contribution in [-0.2, 0) is 14.8 Å². The van der Waals surface area contributed by atoms with E-state index in [1.54, 1.807) is 0 Å². The van der Waals surface area contributed by atoms with E-state index >= 15 is 0 Å². The molecule has 0 aromatic heterocycles. The second-order valence-corrected chi connectivity index (χ2v) is 10.4. The molecule has 9 heteroatoms. The first-order chi connectivity index (χ1) is 13.9. The van der Waals surface area contributed by atoms with Crippen molar-refractivity contribution in [1.29, 1.82) is 0 Å². The van der Waals surface area contributed by atoms with Gasteiger partial charge in [0.05, 0.1) is 23.0 Å². The predicted octanol–water partition coefficient (Wildman–Crippen LogP) is 3.97. The van der Waals surface area contributed by atoms with Crippen LogP contribution in [0.25, 0.3) is 0 Å². The third-order valence-electron chi connectivity index (χ3n) is 4.84. The molecule has 0 saturated heterocycles. The minimum Gasteiger partial charge on any atom is -0.487 e. The van der Waals surface area contributed by atoms with Gasteiger partial charge in [-0.3, -0.25) is 9.10 Å². The molecule has 0 aliphatic carbocycles. The quantitative estimate of drug-likeness (QED) is 0.741. The number of carbonyl (C=O) groups is 1. The maximum Gasteiger partial charge on any atom is 0.241 e. The molecule has 6 nitrogen and oxygen atoms in total. The molecule has 0 saturated carbocycles. The van der Waals surface area contributed by atoms with Gasteiger partial charge in [0.15, 0.2) is 0 Å². The maximum atomic E-state index is 13.5. The molecular weight excluding hydrogens is 431 g/mol. The van der Waals surface area contributed by atoms with Gasteiger partial charge in [0.2, 0.25) is 15.9 Å². The Morgan fingerprint density at radius 3 is 2.63 bits per heavy atom. The molecule has 162 valence electrons. The van der Waals surface area contributed by atoms with Crippen LogP contribution in [0.4, 0.5) is 10.1 Å². The minimum absolute atomic E-state index is 0.113. The standard InChI is InChI=1S/C21H24ClFN2O4S/c1-13-5-7-15-18(11-21(2,3)29-19(15)9-13)24-20(26)12-25(30(4,27)28)14-6-8-17(23)16(22)10-14/h5-10,18H,11-12H2,1-4H3,(H,24,26). The zero-order valence-electron chi connectivity index (χ0n) is 17.2. The van der Waals surface area contributed by atoms with Gasteiger partial charge in [-0.2, -0.15) is 0 Å². The van der Waals surface area contributed by atoms with Crippen LogP contribution in [0.2, 0.25) is 5.02 Å². The molecule has 1 heterocycles. The van der Waals surface area contributed by atoms with Gasteiger partial charge in [0, 0.05) is 12.0 Å². The Balaban J connectivity index is 1.85. The lowest BCUT2D eigenvalue weighted by Crippen LogP contribution is -2.45. The highest BCUT2D eigenvalue weighted by Gasteiger charge is 2.35. The van der Waals surface area contributed by atoms with Gasteiger partial charge in [-0.15, -0.1) is 0 Å².